The summed E-state index contributed by atoms with van der Waals surface area (Å²) in [6, 6.07) is 1.11. The molecule has 0 bridgehead atoms. The van der Waals surface area contributed by atoms with Crippen LogP contribution in [0, 0.1) is 0 Å². The van der Waals surface area contributed by atoms with E-state index in [1.54, 1.807) is 0 Å². The summed E-state index contributed by atoms with van der Waals surface area (Å²) in [6.45, 7) is 11.3. The van der Waals surface area contributed by atoms with Gasteiger partial charge in [0.25, 0.3) is 0 Å². The van der Waals surface area contributed by atoms with E-state index in [1.165, 1.54) is 11.2 Å². The van der Waals surface area contributed by atoms with Crippen molar-refractivity contribution in [2.45, 2.75) is 25.7 Å². The fourth-order valence-corrected chi connectivity index (χ4v) is 1.51. The summed E-state index contributed by atoms with van der Waals surface area (Å²) < 4.78 is 5.36. The lowest BCUT2D eigenvalue weighted by atomic mass is 10.6. The van der Waals surface area contributed by atoms with Crippen molar-refractivity contribution in [2.75, 3.05) is 13.3 Å². The van der Waals surface area contributed by atoms with Gasteiger partial charge in [0, 0.05) is 14.7 Å². The fraction of sp³-hybridized carbons (Fsp3) is 0.667. The van der Waals surface area contributed by atoms with Crippen LogP contribution in [0.25, 0.3) is 0 Å². The molecule has 0 saturated carbocycles. The highest BCUT2D eigenvalue weighted by Gasteiger charge is 2.12. The fourth-order valence-electron chi connectivity index (χ4n) is 0.754. The van der Waals surface area contributed by atoms with Crippen LogP contribution >= 0.6 is 0 Å². The van der Waals surface area contributed by atoms with Crippen LogP contribution in [0.5, 0.6) is 0 Å². The molecule has 0 spiro atoms. The lowest BCUT2D eigenvalue weighted by Crippen LogP contribution is -2.32. The first-order valence-electron chi connectivity index (χ1n) is 4.91. The maximum atomic E-state index is 5.50. The lowest BCUT2D eigenvalue weighted by molar-refractivity contribution is 0.0365. The van der Waals surface area contributed by atoms with Crippen molar-refractivity contribution in [3.8, 4) is 0 Å². The van der Waals surface area contributed by atoms with Gasteiger partial charge in [-0.15, -0.1) is 5.10 Å². The predicted octanol–water partition coefficient (Wildman–Crippen LogP) is 0.933. The molecule has 0 unspecified atom stereocenters. The van der Waals surface area contributed by atoms with E-state index in [0.29, 0.717) is 6.61 Å². The quantitative estimate of drug-likeness (QED) is 0.130. The van der Waals surface area contributed by atoms with Gasteiger partial charge in [-0.05, 0) is 12.1 Å². The van der Waals surface area contributed by atoms with E-state index in [4.69, 9.17) is 16.3 Å². The maximum Gasteiger partial charge on any atom is 0.151 e. The third-order valence-electron chi connectivity index (χ3n) is 1.67. The van der Waals surface area contributed by atoms with E-state index in [2.05, 4.69) is 31.3 Å². The van der Waals surface area contributed by atoms with Gasteiger partial charge in [-0.25, -0.2) is 11.0 Å². The minimum absolute atomic E-state index is 0.249. The molecule has 0 aliphatic rings. The Morgan fingerprint density at radius 1 is 1.53 bits per heavy atom. The summed E-state index contributed by atoms with van der Waals surface area (Å²) in [7, 11) is -1.03. The van der Waals surface area contributed by atoms with Crippen LogP contribution in [0.4, 0.5) is 0 Å². The van der Waals surface area contributed by atoms with Crippen LogP contribution < -0.4 is 11.6 Å². The van der Waals surface area contributed by atoms with Gasteiger partial charge in [0.05, 0.1) is 0 Å². The number of hydrazone groups is 1. The molecule has 0 aliphatic heterocycles. The third kappa shape index (κ3) is 9.45. The van der Waals surface area contributed by atoms with Gasteiger partial charge in [-0.3, -0.25) is 0 Å². The molecule has 0 aromatic heterocycles. The maximum absolute atomic E-state index is 5.50. The first-order chi connectivity index (χ1) is 6.85. The number of ether oxygens (including phenoxy) is 1. The number of amidine groups is 1. The Labute approximate surface area is 92.7 Å². The second kappa shape index (κ2) is 6.60. The van der Waals surface area contributed by atoms with E-state index in [9.17, 15) is 0 Å². The first kappa shape index (κ1) is 14.1. The largest absolute Gasteiger partial charge is 0.382 e. The van der Waals surface area contributed by atoms with Crippen LogP contribution in [-0.4, -0.2) is 32.4 Å². The highest BCUT2D eigenvalue weighted by Crippen LogP contribution is 2.07. The van der Waals surface area contributed by atoms with Crippen molar-refractivity contribution in [2.24, 2.45) is 16.7 Å². The van der Waals surface area contributed by atoms with Crippen molar-refractivity contribution < 1.29 is 4.74 Å². The van der Waals surface area contributed by atoms with Gasteiger partial charge < -0.3 is 10.5 Å². The third-order valence-corrected chi connectivity index (χ3v) is 3.38. The monoisotopic (exact) mass is 230 g/mol. The Kier molecular flexibility index (Phi) is 6.22. The predicted molar refractivity (Wildman–Crippen MR) is 66.8 cm³/mol. The van der Waals surface area contributed by atoms with Crippen molar-refractivity contribution in [3.63, 3.8) is 0 Å². The summed E-state index contributed by atoms with van der Waals surface area (Å²) in [5, 5.41) is 4.97. The Bertz CT molecular complexity index is 225. The zero-order valence-electron chi connectivity index (χ0n) is 9.86. The Hall–Kier alpha value is -0.853. The van der Waals surface area contributed by atoms with Gasteiger partial charge in [-0.1, -0.05) is 26.2 Å². The number of nitrogens with two attached hydrogens (primary N) is 2. The average Bonchev–Trinajstić information content (AvgIpc) is 2.11. The van der Waals surface area contributed by atoms with Gasteiger partial charge in [0.1, 0.15) is 5.84 Å². The molecule has 0 amide bonds. The summed E-state index contributed by atoms with van der Waals surface area (Å²) in [5.74, 6) is 5.79. The molecule has 88 valence electrons. The second-order valence-electron chi connectivity index (χ2n) is 4.52. The average molecular weight is 230 g/mol. The smallest absolute Gasteiger partial charge is 0.151 e. The zero-order valence-corrected chi connectivity index (χ0v) is 10.9. The molecule has 0 aromatic carbocycles. The number of nitrogens with zero attached hydrogens (tertiary/aromatic N) is 2. The molecule has 0 atom stereocenters. The minimum Gasteiger partial charge on any atom is -0.382 e. The Morgan fingerprint density at radius 2 is 2.13 bits per heavy atom. The van der Waals surface area contributed by atoms with Gasteiger partial charge >= 0.3 is 0 Å². The molecule has 0 aliphatic carbocycles. The summed E-state index contributed by atoms with van der Waals surface area (Å²) in [6.07, 6.45) is 1.43. The molecule has 0 radical (unpaired) electrons. The van der Waals surface area contributed by atoms with Crippen LogP contribution in [0.15, 0.2) is 17.8 Å². The van der Waals surface area contributed by atoms with E-state index in [0.717, 1.165) is 6.04 Å². The first-order valence-corrected chi connectivity index (χ1v) is 8.62. The number of hydrazine groups is 1. The van der Waals surface area contributed by atoms with Crippen LogP contribution in [0.1, 0.15) is 0 Å². The van der Waals surface area contributed by atoms with E-state index in [-0.39, 0.29) is 12.6 Å². The molecule has 4 N–H and O–H groups in total. The molecular formula is C9H22N4OSi. The molecule has 0 saturated heterocycles. The Balaban J connectivity index is 3.65. The van der Waals surface area contributed by atoms with Crippen LogP contribution in [-0.2, 0) is 4.74 Å². The number of rotatable bonds is 7. The van der Waals surface area contributed by atoms with Crippen molar-refractivity contribution in [3.05, 3.63) is 12.7 Å². The molecule has 0 rings (SSSR count). The van der Waals surface area contributed by atoms with Gasteiger partial charge in [0.15, 0.2) is 6.73 Å². The Morgan fingerprint density at radius 3 is 2.60 bits per heavy atom. The van der Waals surface area contributed by atoms with Crippen LogP contribution in [0.3, 0.4) is 0 Å². The molecule has 15 heavy (non-hydrogen) atoms. The topological polar surface area (TPSA) is 76.9 Å². The van der Waals surface area contributed by atoms with E-state index in [1.807, 2.05) is 0 Å². The number of hydrogen-bond acceptors (Lipinski definition) is 4. The van der Waals surface area contributed by atoms with Crippen molar-refractivity contribution in [1.82, 2.24) is 5.12 Å². The highest BCUT2D eigenvalue weighted by atomic mass is 28.3. The normalized spacial score (nSPS) is 12.7. The van der Waals surface area contributed by atoms with Crippen molar-refractivity contribution >= 4 is 13.9 Å². The van der Waals surface area contributed by atoms with E-state index >= 15 is 0 Å². The zero-order chi connectivity index (χ0) is 11.9. The summed E-state index contributed by atoms with van der Waals surface area (Å²) in [4.78, 5) is 0. The molecule has 0 aromatic rings. The van der Waals surface area contributed by atoms with E-state index < -0.39 is 8.07 Å². The van der Waals surface area contributed by atoms with Gasteiger partial charge in [-0.2, -0.15) is 0 Å². The molecular weight excluding hydrogens is 208 g/mol. The lowest BCUT2D eigenvalue weighted by Gasteiger charge is -2.17. The molecule has 6 heteroatoms. The summed E-state index contributed by atoms with van der Waals surface area (Å²) >= 11 is 0. The second-order valence-corrected chi connectivity index (χ2v) is 10.1. The standard InChI is InChI=1S/C9H22N4OSi/c1-5-9(10)12-13(11)8-14-6-7-15(2,3)4/h5H,1,6-8,11H2,2-4H3,(H2,10,12). The molecule has 5 nitrogen and oxygen atoms in total. The minimum atomic E-state index is -1.03. The SMILES string of the molecule is C=C/C(N)=N\N(N)COCC[Si](C)(C)C. The molecule has 0 fully saturated rings. The van der Waals surface area contributed by atoms with Crippen LogP contribution in [0.2, 0.25) is 25.7 Å². The molecule has 0 heterocycles. The summed E-state index contributed by atoms with van der Waals surface area (Å²) in [5.41, 5.74) is 5.41. The van der Waals surface area contributed by atoms with Gasteiger partial charge in [0.2, 0.25) is 0 Å². The number of hydrogen-bond donors (Lipinski definition) is 2. The highest BCUT2D eigenvalue weighted by molar-refractivity contribution is 6.76. The van der Waals surface area contributed by atoms with Crippen molar-refractivity contribution in [1.29, 1.82) is 0 Å².